The molecule has 0 saturated heterocycles. The maximum absolute atomic E-state index is 9.01. The fraction of sp³-hybridized carbons (Fsp3) is 0.105. The van der Waals surface area contributed by atoms with Gasteiger partial charge >= 0.3 is 0 Å². The number of nitrogens with zero attached hydrogens (tertiary/aromatic N) is 6. The molecule has 126 valence electrons. The summed E-state index contributed by atoms with van der Waals surface area (Å²) in [6, 6.07) is 18.5. The lowest BCUT2D eigenvalue weighted by molar-refractivity contribution is 0.215. The summed E-state index contributed by atoms with van der Waals surface area (Å²) in [7, 11) is 1.45. The lowest BCUT2D eigenvalue weighted by Crippen LogP contribution is -2.13. The van der Waals surface area contributed by atoms with E-state index in [0.29, 0.717) is 17.0 Å². The third-order valence-electron chi connectivity index (χ3n) is 3.78. The summed E-state index contributed by atoms with van der Waals surface area (Å²) in [5, 5.41) is 26.1. The van der Waals surface area contributed by atoms with E-state index in [1.165, 1.54) is 13.3 Å². The second-order valence-corrected chi connectivity index (χ2v) is 5.37. The molecule has 1 aromatic heterocycles. The first-order valence-corrected chi connectivity index (χ1v) is 7.73. The quantitative estimate of drug-likeness (QED) is 0.524. The van der Waals surface area contributed by atoms with Crippen molar-refractivity contribution in [1.29, 1.82) is 10.5 Å². The highest BCUT2D eigenvalue weighted by molar-refractivity contribution is 5.73. The number of hydrogen-bond acceptors (Lipinski definition) is 6. The maximum Gasteiger partial charge on any atom is 0.195 e. The van der Waals surface area contributed by atoms with Gasteiger partial charge in [-0.3, -0.25) is 0 Å². The standard InChI is InChI=1S/C19H14N6O/c1-26-23-12-18-22-13-25(24-18)19(16-6-2-14(10-20)3-7-16)17-8-4-15(11-21)5-9-17/h2-9,12-13,19H,1H3/b23-12+. The van der Waals surface area contributed by atoms with Crippen LogP contribution in [-0.2, 0) is 4.84 Å². The number of oxime groups is 1. The van der Waals surface area contributed by atoms with E-state index in [1.54, 1.807) is 35.3 Å². The Morgan fingerprint density at radius 1 is 1.00 bits per heavy atom. The summed E-state index contributed by atoms with van der Waals surface area (Å²) in [5.41, 5.74) is 3.04. The molecule has 1 heterocycles. The average Bonchev–Trinajstić information content (AvgIpc) is 3.16. The molecule has 0 aliphatic carbocycles. The molecule has 0 saturated carbocycles. The number of aromatic nitrogens is 3. The molecule has 2 aromatic carbocycles. The average molecular weight is 342 g/mol. The lowest BCUT2D eigenvalue weighted by Gasteiger charge is -2.18. The Morgan fingerprint density at radius 3 is 2.00 bits per heavy atom. The zero-order valence-electron chi connectivity index (χ0n) is 13.9. The van der Waals surface area contributed by atoms with Crippen LogP contribution in [0.25, 0.3) is 0 Å². The van der Waals surface area contributed by atoms with Crippen LogP contribution < -0.4 is 0 Å². The molecule has 0 atom stereocenters. The summed E-state index contributed by atoms with van der Waals surface area (Å²) < 4.78 is 1.71. The molecule has 3 rings (SSSR count). The van der Waals surface area contributed by atoms with Crippen LogP contribution in [0.1, 0.15) is 34.1 Å². The van der Waals surface area contributed by atoms with Crippen molar-refractivity contribution < 1.29 is 4.84 Å². The zero-order chi connectivity index (χ0) is 18.4. The molecule has 26 heavy (non-hydrogen) atoms. The van der Waals surface area contributed by atoms with Crippen LogP contribution in [0, 0.1) is 22.7 Å². The van der Waals surface area contributed by atoms with Gasteiger partial charge < -0.3 is 4.84 Å². The van der Waals surface area contributed by atoms with Gasteiger partial charge in [-0.15, -0.1) is 5.10 Å². The summed E-state index contributed by atoms with van der Waals surface area (Å²) in [6.07, 6.45) is 3.03. The second kappa shape index (κ2) is 7.73. The molecule has 7 nitrogen and oxygen atoms in total. The van der Waals surface area contributed by atoms with Crippen molar-refractivity contribution in [2.45, 2.75) is 6.04 Å². The van der Waals surface area contributed by atoms with Crippen molar-refractivity contribution in [3.63, 3.8) is 0 Å². The minimum Gasteiger partial charge on any atom is -0.399 e. The molecule has 0 N–H and O–H groups in total. The third-order valence-corrected chi connectivity index (χ3v) is 3.78. The van der Waals surface area contributed by atoms with Crippen LogP contribution in [0.2, 0.25) is 0 Å². The van der Waals surface area contributed by atoms with E-state index >= 15 is 0 Å². The van der Waals surface area contributed by atoms with Crippen LogP contribution in [0.5, 0.6) is 0 Å². The van der Waals surface area contributed by atoms with Gasteiger partial charge in [0.25, 0.3) is 0 Å². The van der Waals surface area contributed by atoms with Gasteiger partial charge in [-0.1, -0.05) is 29.4 Å². The van der Waals surface area contributed by atoms with E-state index in [1.807, 2.05) is 24.3 Å². The minimum atomic E-state index is -0.257. The normalized spacial score (nSPS) is 10.6. The minimum absolute atomic E-state index is 0.257. The summed E-state index contributed by atoms with van der Waals surface area (Å²) in [4.78, 5) is 8.87. The Balaban J connectivity index is 2.05. The predicted molar refractivity (Wildman–Crippen MR) is 94.2 cm³/mol. The summed E-state index contributed by atoms with van der Waals surface area (Å²) >= 11 is 0. The van der Waals surface area contributed by atoms with E-state index in [2.05, 4.69) is 32.2 Å². The van der Waals surface area contributed by atoms with Gasteiger partial charge in [-0.05, 0) is 35.4 Å². The molecular weight excluding hydrogens is 328 g/mol. The number of rotatable bonds is 5. The topological polar surface area (TPSA) is 99.9 Å². The molecule has 0 spiro atoms. The molecule has 0 unspecified atom stereocenters. The molecule has 0 fully saturated rings. The highest BCUT2D eigenvalue weighted by Crippen LogP contribution is 2.26. The Hall–Kier alpha value is -3.97. The first-order valence-electron chi connectivity index (χ1n) is 7.73. The smallest absolute Gasteiger partial charge is 0.195 e. The Bertz CT molecular complexity index is 933. The molecule has 0 aliphatic heterocycles. The summed E-state index contributed by atoms with van der Waals surface area (Å²) in [5.74, 6) is 0.416. The van der Waals surface area contributed by atoms with Crippen molar-refractivity contribution in [2.24, 2.45) is 5.16 Å². The van der Waals surface area contributed by atoms with E-state index in [0.717, 1.165) is 11.1 Å². The molecule has 0 radical (unpaired) electrons. The predicted octanol–water partition coefficient (Wildman–Crippen LogP) is 2.64. The molecular formula is C19H14N6O. The van der Waals surface area contributed by atoms with Crippen molar-refractivity contribution in [1.82, 2.24) is 14.8 Å². The third kappa shape index (κ3) is 3.58. The van der Waals surface area contributed by atoms with Crippen LogP contribution in [-0.4, -0.2) is 28.1 Å². The Labute approximate surface area is 150 Å². The Kier molecular flexibility index (Phi) is 5.02. The monoisotopic (exact) mass is 342 g/mol. The van der Waals surface area contributed by atoms with Gasteiger partial charge in [0.2, 0.25) is 0 Å². The van der Waals surface area contributed by atoms with Crippen LogP contribution in [0.4, 0.5) is 0 Å². The van der Waals surface area contributed by atoms with Crippen LogP contribution in [0.15, 0.2) is 60.0 Å². The fourth-order valence-electron chi connectivity index (χ4n) is 2.55. The fourth-order valence-corrected chi connectivity index (χ4v) is 2.55. The van der Waals surface area contributed by atoms with Crippen molar-refractivity contribution in [3.8, 4) is 12.1 Å². The van der Waals surface area contributed by atoms with Crippen LogP contribution >= 0.6 is 0 Å². The first kappa shape index (κ1) is 16.9. The highest BCUT2D eigenvalue weighted by atomic mass is 16.6. The first-order chi connectivity index (χ1) is 12.7. The highest BCUT2D eigenvalue weighted by Gasteiger charge is 2.18. The van der Waals surface area contributed by atoms with Gasteiger partial charge in [-0.25, -0.2) is 9.67 Å². The van der Waals surface area contributed by atoms with E-state index in [4.69, 9.17) is 10.5 Å². The SMILES string of the molecule is CO/N=C/c1ncn(C(c2ccc(C#N)cc2)c2ccc(C#N)cc2)n1. The van der Waals surface area contributed by atoms with Gasteiger partial charge in [0.15, 0.2) is 5.82 Å². The lowest BCUT2D eigenvalue weighted by atomic mass is 9.97. The van der Waals surface area contributed by atoms with Gasteiger partial charge in [0, 0.05) is 0 Å². The number of nitriles is 2. The molecule has 0 amide bonds. The molecule has 0 aliphatic rings. The van der Waals surface area contributed by atoms with Crippen molar-refractivity contribution in [2.75, 3.05) is 7.11 Å². The van der Waals surface area contributed by atoms with Gasteiger partial charge in [0.1, 0.15) is 25.7 Å². The molecule has 7 heteroatoms. The van der Waals surface area contributed by atoms with Gasteiger partial charge in [-0.2, -0.15) is 10.5 Å². The maximum atomic E-state index is 9.01. The molecule has 0 bridgehead atoms. The van der Waals surface area contributed by atoms with E-state index in [9.17, 15) is 0 Å². The van der Waals surface area contributed by atoms with E-state index in [-0.39, 0.29) is 6.04 Å². The van der Waals surface area contributed by atoms with E-state index < -0.39 is 0 Å². The number of benzene rings is 2. The van der Waals surface area contributed by atoms with Crippen molar-refractivity contribution >= 4 is 6.21 Å². The Morgan fingerprint density at radius 2 is 1.54 bits per heavy atom. The van der Waals surface area contributed by atoms with Gasteiger partial charge in [0.05, 0.1) is 23.3 Å². The van der Waals surface area contributed by atoms with Crippen molar-refractivity contribution in [3.05, 3.63) is 82.9 Å². The largest absolute Gasteiger partial charge is 0.399 e. The summed E-state index contributed by atoms with van der Waals surface area (Å²) in [6.45, 7) is 0. The molecule has 3 aromatic rings. The van der Waals surface area contributed by atoms with Crippen LogP contribution in [0.3, 0.4) is 0 Å². The number of hydrogen-bond donors (Lipinski definition) is 0. The second-order valence-electron chi connectivity index (χ2n) is 5.37. The zero-order valence-corrected chi connectivity index (χ0v) is 13.9.